The van der Waals surface area contributed by atoms with Crippen molar-refractivity contribution in [1.82, 2.24) is 5.32 Å². The Kier molecular flexibility index (Phi) is 7.27. The minimum absolute atomic E-state index is 0.414. The predicted molar refractivity (Wildman–Crippen MR) is 93.4 cm³/mol. The summed E-state index contributed by atoms with van der Waals surface area (Å²) in [5.41, 5.74) is 0.915. The van der Waals surface area contributed by atoms with E-state index in [1.54, 1.807) is 13.2 Å². The van der Waals surface area contributed by atoms with Gasteiger partial charge in [0.25, 0.3) is 0 Å². The molecule has 1 aromatic rings. The number of carbonyl (C=O) groups excluding carboxylic acids is 1. The van der Waals surface area contributed by atoms with E-state index in [-0.39, 0.29) is 0 Å². The van der Waals surface area contributed by atoms with E-state index in [1.165, 1.54) is 0 Å². The Morgan fingerprint density at radius 3 is 2.52 bits per heavy atom. The summed E-state index contributed by atoms with van der Waals surface area (Å²) < 4.78 is 10.2. The SMILES string of the molecule is [B]/C(C#CCCNC(=O)OC(C)(C)C)=C/c1ccc(OC)cc1. The first-order valence-electron chi connectivity index (χ1n) is 7.37. The topological polar surface area (TPSA) is 47.6 Å². The van der Waals surface area contributed by atoms with Crippen LogP contribution in [0.4, 0.5) is 4.79 Å². The summed E-state index contributed by atoms with van der Waals surface area (Å²) in [5.74, 6) is 6.55. The number of hydrogen-bond acceptors (Lipinski definition) is 3. The highest BCUT2D eigenvalue weighted by Crippen LogP contribution is 2.13. The molecule has 0 fully saturated rings. The highest BCUT2D eigenvalue weighted by Gasteiger charge is 2.15. The Morgan fingerprint density at radius 1 is 1.30 bits per heavy atom. The third-order valence-corrected chi connectivity index (χ3v) is 2.59. The van der Waals surface area contributed by atoms with Gasteiger partial charge in [0.05, 0.1) is 7.11 Å². The Balaban J connectivity index is 2.40. The molecule has 0 saturated carbocycles. The molecular formula is C18H22BNO3. The fourth-order valence-electron chi connectivity index (χ4n) is 1.62. The van der Waals surface area contributed by atoms with Gasteiger partial charge < -0.3 is 14.8 Å². The van der Waals surface area contributed by atoms with Crippen molar-refractivity contribution < 1.29 is 14.3 Å². The van der Waals surface area contributed by atoms with Crippen LogP contribution in [0.3, 0.4) is 0 Å². The summed E-state index contributed by atoms with van der Waals surface area (Å²) in [6, 6.07) is 7.52. The maximum atomic E-state index is 11.4. The van der Waals surface area contributed by atoms with Crippen molar-refractivity contribution in [2.75, 3.05) is 13.7 Å². The van der Waals surface area contributed by atoms with Crippen molar-refractivity contribution in [2.45, 2.75) is 32.8 Å². The van der Waals surface area contributed by atoms with Crippen LogP contribution in [0.15, 0.2) is 29.7 Å². The standard InChI is InChI=1S/C18H22BNO3/c1-18(2,3)23-17(21)20-12-6-5-7-15(19)13-14-8-10-16(22-4)11-9-14/h8-11,13H,6,12H2,1-4H3,(H,20,21)/b15-13+. The monoisotopic (exact) mass is 311 g/mol. The maximum absolute atomic E-state index is 11.4. The van der Waals surface area contributed by atoms with Gasteiger partial charge in [-0.3, -0.25) is 0 Å². The van der Waals surface area contributed by atoms with Crippen molar-refractivity contribution in [3.05, 3.63) is 35.3 Å². The van der Waals surface area contributed by atoms with Crippen LogP contribution in [0.2, 0.25) is 0 Å². The zero-order chi connectivity index (χ0) is 17.3. The Morgan fingerprint density at radius 2 is 1.96 bits per heavy atom. The fourth-order valence-corrected chi connectivity index (χ4v) is 1.62. The highest BCUT2D eigenvalue weighted by atomic mass is 16.6. The lowest BCUT2D eigenvalue weighted by atomic mass is 9.94. The van der Waals surface area contributed by atoms with Crippen LogP contribution < -0.4 is 10.1 Å². The molecule has 1 aromatic carbocycles. The van der Waals surface area contributed by atoms with E-state index in [1.807, 2.05) is 45.0 Å². The number of ether oxygens (including phenoxy) is 2. The number of nitrogens with one attached hydrogen (secondary N) is 1. The van der Waals surface area contributed by atoms with Gasteiger partial charge in [-0.2, -0.15) is 0 Å². The molecule has 0 spiro atoms. The second-order valence-electron chi connectivity index (χ2n) is 5.85. The first-order valence-corrected chi connectivity index (χ1v) is 7.37. The first kappa shape index (κ1) is 18.7. The fraction of sp³-hybridized carbons (Fsp3) is 0.389. The van der Waals surface area contributed by atoms with Crippen LogP contribution >= 0.6 is 0 Å². The van der Waals surface area contributed by atoms with E-state index < -0.39 is 11.7 Å². The molecule has 1 amide bonds. The lowest BCUT2D eigenvalue weighted by molar-refractivity contribution is 0.0529. The third kappa shape index (κ3) is 8.62. The van der Waals surface area contributed by atoms with E-state index in [0.29, 0.717) is 18.4 Å². The average molecular weight is 311 g/mol. The molecule has 0 heterocycles. The number of methoxy groups -OCH3 is 1. The number of allylic oxidation sites excluding steroid dienone is 1. The molecule has 0 aliphatic heterocycles. The Labute approximate surface area is 139 Å². The number of hydrogen-bond donors (Lipinski definition) is 1. The molecule has 120 valence electrons. The second-order valence-corrected chi connectivity index (χ2v) is 5.85. The van der Waals surface area contributed by atoms with E-state index in [9.17, 15) is 4.79 Å². The molecule has 0 bridgehead atoms. The number of alkyl carbamates (subject to hydrolysis) is 1. The molecule has 1 rings (SSSR count). The molecule has 1 N–H and O–H groups in total. The van der Waals surface area contributed by atoms with Crippen LogP contribution in [0.25, 0.3) is 6.08 Å². The molecule has 0 unspecified atom stereocenters. The van der Waals surface area contributed by atoms with Crippen molar-refractivity contribution in [3.63, 3.8) is 0 Å². The van der Waals surface area contributed by atoms with Gasteiger partial charge in [0, 0.05) is 13.0 Å². The smallest absolute Gasteiger partial charge is 0.407 e. The van der Waals surface area contributed by atoms with Gasteiger partial charge in [0.15, 0.2) is 0 Å². The molecule has 5 heteroatoms. The van der Waals surface area contributed by atoms with Gasteiger partial charge in [0.1, 0.15) is 19.2 Å². The molecule has 0 aromatic heterocycles. The second kappa shape index (κ2) is 8.94. The number of carbonyl (C=O) groups is 1. The molecule has 23 heavy (non-hydrogen) atoms. The van der Waals surface area contributed by atoms with Gasteiger partial charge in [-0.05, 0) is 43.9 Å². The minimum atomic E-state index is -0.499. The molecule has 0 saturated heterocycles. The van der Waals surface area contributed by atoms with Crippen molar-refractivity contribution in [3.8, 4) is 17.6 Å². The van der Waals surface area contributed by atoms with Crippen molar-refractivity contribution in [1.29, 1.82) is 0 Å². The normalized spacial score (nSPS) is 11.2. The lowest BCUT2D eigenvalue weighted by Gasteiger charge is -2.19. The van der Waals surface area contributed by atoms with E-state index >= 15 is 0 Å². The van der Waals surface area contributed by atoms with Crippen molar-refractivity contribution >= 4 is 20.0 Å². The number of benzene rings is 1. The number of amides is 1. The van der Waals surface area contributed by atoms with E-state index in [0.717, 1.165) is 11.3 Å². The maximum Gasteiger partial charge on any atom is 0.407 e. The molecular weight excluding hydrogens is 289 g/mol. The molecule has 2 radical (unpaired) electrons. The number of rotatable bonds is 4. The Hall–Kier alpha value is -2.35. The van der Waals surface area contributed by atoms with Gasteiger partial charge >= 0.3 is 6.09 Å². The quantitative estimate of drug-likeness (QED) is 0.528. The molecule has 0 aliphatic rings. The van der Waals surface area contributed by atoms with E-state index in [2.05, 4.69) is 17.2 Å². The predicted octanol–water partition coefficient (Wildman–Crippen LogP) is 3.12. The first-order chi connectivity index (χ1) is 10.8. The van der Waals surface area contributed by atoms with Crippen molar-refractivity contribution in [2.24, 2.45) is 0 Å². The molecule has 4 nitrogen and oxygen atoms in total. The summed E-state index contributed by atoms with van der Waals surface area (Å²) in [6.45, 7) is 5.86. The highest BCUT2D eigenvalue weighted by molar-refractivity contribution is 6.26. The zero-order valence-corrected chi connectivity index (χ0v) is 14.1. The lowest BCUT2D eigenvalue weighted by Crippen LogP contribution is -2.32. The van der Waals surface area contributed by atoms with E-state index in [4.69, 9.17) is 17.3 Å². The van der Waals surface area contributed by atoms with Gasteiger partial charge in [-0.25, -0.2) is 4.79 Å². The minimum Gasteiger partial charge on any atom is -0.497 e. The summed E-state index contributed by atoms with van der Waals surface area (Å²) in [7, 11) is 7.47. The Bertz CT molecular complexity index is 604. The average Bonchev–Trinajstić information content (AvgIpc) is 2.46. The van der Waals surface area contributed by atoms with Crippen LogP contribution in [0, 0.1) is 11.8 Å². The van der Waals surface area contributed by atoms with Crippen LogP contribution in [-0.2, 0) is 4.74 Å². The van der Waals surface area contributed by atoms with Gasteiger partial charge in [-0.1, -0.05) is 30.0 Å². The van der Waals surface area contributed by atoms with Crippen LogP contribution in [0.1, 0.15) is 32.8 Å². The summed E-state index contributed by atoms with van der Waals surface area (Å²) in [6.07, 6.45) is 1.84. The van der Waals surface area contributed by atoms with Gasteiger partial charge in [-0.15, -0.1) is 0 Å². The van der Waals surface area contributed by atoms with Crippen LogP contribution in [0.5, 0.6) is 5.75 Å². The largest absolute Gasteiger partial charge is 0.497 e. The molecule has 0 aliphatic carbocycles. The van der Waals surface area contributed by atoms with Gasteiger partial charge in [0.2, 0.25) is 0 Å². The summed E-state index contributed by atoms with van der Waals surface area (Å²) >= 11 is 0. The molecule has 0 atom stereocenters. The summed E-state index contributed by atoms with van der Waals surface area (Å²) in [5, 5.41) is 2.64. The summed E-state index contributed by atoms with van der Waals surface area (Å²) in [4.78, 5) is 11.4. The van der Waals surface area contributed by atoms with Crippen LogP contribution in [-0.4, -0.2) is 33.2 Å². The third-order valence-electron chi connectivity index (χ3n) is 2.59. The zero-order valence-electron chi connectivity index (χ0n) is 14.1.